The van der Waals surface area contributed by atoms with Crippen molar-refractivity contribution >= 4 is 49.2 Å². The van der Waals surface area contributed by atoms with Gasteiger partial charge in [0.25, 0.3) is 0 Å². The number of hydrogen-bond donors (Lipinski definition) is 0. The second-order valence-corrected chi connectivity index (χ2v) is 6.60. The average molecular weight is 417 g/mol. The van der Waals surface area contributed by atoms with Crippen LogP contribution >= 0.6 is 43.5 Å². The summed E-state index contributed by atoms with van der Waals surface area (Å²) in [7, 11) is 0. The van der Waals surface area contributed by atoms with Gasteiger partial charge in [-0.25, -0.2) is 0 Å². The first kappa shape index (κ1) is 14.0. The number of rotatable bonds is 1. The van der Waals surface area contributed by atoms with Gasteiger partial charge in [0.05, 0.1) is 17.7 Å². The molecule has 0 saturated heterocycles. The Hall–Kier alpha value is -0.910. The summed E-state index contributed by atoms with van der Waals surface area (Å²) in [5.41, 5.74) is 1.24. The SMILES string of the molecule is O=C1CC(c2ncc(Br)cc2Br)Oc2ccc(Cl)cc21. The number of carbonyl (C=O) groups is 1. The Morgan fingerprint density at radius 2 is 2.10 bits per heavy atom. The molecule has 0 radical (unpaired) electrons. The molecular weight excluding hydrogens is 409 g/mol. The van der Waals surface area contributed by atoms with Crippen molar-refractivity contribution in [2.75, 3.05) is 0 Å². The predicted octanol–water partition coefficient (Wildman–Crippen LogP) is 4.97. The summed E-state index contributed by atoms with van der Waals surface area (Å²) in [6.45, 7) is 0. The number of pyridine rings is 1. The van der Waals surface area contributed by atoms with E-state index in [0.717, 1.165) is 8.95 Å². The number of nitrogens with zero attached hydrogens (tertiary/aromatic N) is 1. The van der Waals surface area contributed by atoms with E-state index in [-0.39, 0.29) is 12.2 Å². The molecule has 1 aromatic heterocycles. The van der Waals surface area contributed by atoms with Gasteiger partial charge in [0.15, 0.2) is 5.78 Å². The molecule has 1 aliphatic rings. The molecule has 0 amide bonds. The van der Waals surface area contributed by atoms with Crippen molar-refractivity contribution in [1.29, 1.82) is 0 Å². The van der Waals surface area contributed by atoms with Crippen molar-refractivity contribution in [2.45, 2.75) is 12.5 Å². The molecule has 20 heavy (non-hydrogen) atoms. The summed E-state index contributed by atoms with van der Waals surface area (Å²) in [6.07, 6.45) is 1.55. The molecule has 6 heteroatoms. The second-order valence-electron chi connectivity index (χ2n) is 4.39. The van der Waals surface area contributed by atoms with Crippen LogP contribution in [0.2, 0.25) is 5.02 Å². The highest BCUT2D eigenvalue weighted by molar-refractivity contribution is 9.11. The number of hydrogen-bond acceptors (Lipinski definition) is 3. The van der Waals surface area contributed by atoms with Gasteiger partial charge in [0.2, 0.25) is 0 Å². The Balaban J connectivity index is 1.99. The fraction of sp³-hybridized carbons (Fsp3) is 0.143. The number of ketones is 1. The van der Waals surface area contributed by atoms with Gasteiger partial charge < -0.3 is 4.74 Å². The van der Waals surface area contributed by atoms with E-state index in [0.29, 0.717) is 22.0 Å². The lowest BCUT2D eigenvalue weighted by Crippen LogP contribution is -2.21. The fourth-order valence-electron chi connectivity index (χ4n) is 2.11. The average Bonchev–Trinajstić information content (AvgIpc) is 2.39. The molecule has 1 aromatic carbocycles. The molecule has 0 N–H and O–H groups in total. The Bertz CT molecular complexity index is 706. The Morgan fingerprint density at radius 1 is 1.30 bits per heavy atom. The molecule has 1 unspecified atom stereocenters. The Kier molecular flexibility index (Phi) is 3.84. The highest BCUT2D eigenvalue weighted by atomic mass is 79.9. The second kappa shape index (κ2) is 5.47. The van der Waals surface area contributed by atoms with Crippen LogP contribution in [-0.4, -0.2) is 10.8 Å². The van der Waals surface area contributed by atoms with Crippen LogP contribution in [0.15, 0.2) is 39.4 Å². The maximum absolute atomic E-state index is 12.2. The first-order valence-corrected chi connectivity index (χ1v) is 7.81. The van der Waals surface area contributed by atoms with Crippen molar-refractivity contribution in [1.82, 2.24) is 4.98 Å². The molecule has 1 aliphatic heterocycles. The molecule has 0 saturated carbocycles. The zero-order chi connectivity index (χ0) is 14.3. The van der Waals surface area contributed by atoms with Crippen LogP contribution in [0.3, 0.4) is 0 Å². The molecule has 2 heterocycles. The summed E-state index contributed by atoms with van der Waals surface area (Å²) in [6, 6.07) is 6.95. The summed E-state index contributed by atoms with van der Waals surface area (Å²) < 4.78 is 7.55. The number of ether oxygens (including phenoxy) is 1. The minimum absolute atomic E-state index is 0.00960. The third-order valence-corrected chi connectivity index (χ3v) is 4.33. The number of Topliss-reactive ketones (excluding diaryl/α,β-unsaturated/α-hetero) is 1. The predicted molar refractivity (Wildman–Crippen MR) is 83.4 cm³/mol. The van der Waals surface area contributed by atoms with Crippen molar-refractivity contribution < 1.29 is 9.53 Å². The largest absolute Gasteiger partial charge is 0.483 e. The van der Waals surface area contributed by atoms with Crippen LogP contribution in [0.4, 0.5) is 0 Å². The first-order valence-electron chi connectivity index (χ1n) is 5.85. The first-order chi connectivity index (χ1) is 9.54. The Labute approximate surface area is 137 Å². The zero-order valence-corrected chi connectivity index (χ0v) is 14.0. The van der Waals surface area contributed by atoms with Gasteiger partial charge in [-0.2, -0.15) is 0 Å². The minimum atomic E-state index is -0.390. The third kappa shape index (κ3) is 2.62. The van der Waals surface area contributed by atoms with Crippen molar-refractivity contribution in [3.8, 4) is 5.75 Å². The highest BCUT2D eigenvalue weighted by Crippen LogP contribution is 2.37. The number of fused-ring (bicyclic) bond motifs is 1. The summed E-state index contributed by atoms with van der Waals surface area (Å²) in [4.78, 5) is 16.5. The van der Waals surface area contributed by atoms with Crippen LogP contribution < -0.4 is 4.74 Å². The quantitative estimate of drug-likeness (QED) is 0.658. The van der Waals surface area contributed by atoms with Crippen LogP contribution in [0.1, 0.15) is 28.6 Å². The molecule has 0 spiro atoms. The lowest BCUT2D eigenvalue weighted by Gasteiger charge is -2.25. The Morgan fingerprint density at radius 3 is 2.85 bits per heavy atom. The summed E-state index contributed by atoms with van der Waals surface area (Å²) in [5.74, 6) is 0.558. The van der Waals surface area contributed by atoms with E-state index in [2.05, 4.69) is 36.8 Å². The third-order valence-electron chi connectivity index (χ3n) is 3.02. The van der Waals surface area contributed by atoms with Gasteiger partial charge in [-0.15, -0.1) is 0 Å². The van der Waals surface area contributed by atoms with E-state index in [9.17, 15) is 4.79 Å². The molecule has 102 valence electrons. The van der Waals surface area contributed by atoms with Crippen molar-refractivity contribution in [2.24, 2.45) is 0 Å². The van der Waals surface area contributed by atoms with Crippen LogP contribution in [0, 0.1) is 0 Å². The molecule has 0 fully saturated rings. The lowest BCUT2D eigenvalue weighted by atomic mass is 9.99. The molecule has 0 aliphatic carbocycles. The van der Waals surface area contributed by atoms with Crippen molar-refractivity contribution in [3.63, 3.8) is 0 Å². The number of aromatic nitrogens is 1. The fourth-order valence-corrected chi connectivity index (χ4v) is 3.53. The zero-order valence-electron chi connectivity index (χ0n) is 10.1. The van der Waals surface area contributed by atoms with E-state index in [1.165, 1.54) is 0 Å². The summed E-state index contributed by atoms with van der Waals surface area (Å²) >= 11 is 12.7. The van der Waals surface area contributed by atoms with Crippen molar-refractivity contribution in [3.05, 3.63) is 55.7 Å². The molecule has 0 bridgehead atoms. The van der Waals surface area contributed by atoms with E-state index in [4.69, 9.17) is 16.3 Å². The number of carbonyl (C=O) groups excluding carboxylic acids is 1. The number of benzene rings is 1. The van der Waals surface area contributed by atoms with Gasteiger partial charge in [-0.1, -0.05) is 11.6 Å². The molecule has 3 nitrogen and oxygen atoms in total. The normalized spacial score (nSPS) is 17.6. The van der Waals surface area contributed by atoms with E-state index in [1.54, 1.807) is 24.4 Å². The van der Waals surface area contributed by atoms with Gasteiger partial charge in [-0.3, -0.25) is 9.78 Å². The van der Waals surface area contributed by atoms with E-state index < -0.39 is 6.10 Å². The van der Waals surface area contributed by atoms with Gasteiger partial charge in [-0.05, 0) is 56.1 Å². The maximum atomic E-state index is 12.2. The standard InChI is InChI=1S/C14H8Br2ClNO2/c15-7-3-10(16)14(18-6-7)13-5-11(19)9-4-8(17)1-2-12(9)20-13/h1-4,6,13H,5H2. The monoisotopic (exact) mass is 415 g/mol. The van der Waals surface area contributed by atoms with E-state index >= 15 is 0 Å². The van der Waals surface area contributed by atoms with Gasteiger partial charge in [0.1, 0.15) is 11.9 Å². The van der Waals surface area contributed by atoms with Crippen LogP contribution in [-0.2, 0) is 0 Å². The van der Waals surface area contributed by atoms with Crippen LogP contribution in [0.5, 0.6) is 5.75 Å². The molecular formula is C14H8Br2ClNO2. The summed E-state index contributed by atoms with van der Waals surface area (Å²) in [5, 5.41) is 0.530. The maximum Gasteiger partial charge on any atom is 0.170 e. The minimum Gasteiger partial charge on any atom is -0.483 e. The molecule has 2 aromatic rings. The lowest BCUT2D eigenvalue weighted by molar-refractivity contribution is 0.0844. The van der Waals surface area contributed by atoms with E-state index in [1.807, 2.05) is 6.07 Å². The molecule has 3 rings (SSSR count). The topological polar surface area (TPSA) is 39.2 Å². The van der Waals surface area contributed by atoms with Crippen LogP contribution in [0.25, 0.3) is 0 Å². The van der Waals surface area contributed by atoms with Gasteiger partial charge >= 0.3 is 0 Å². The number of halogens is 3. The van der Waals surface area contributed by atoms with Gasteiger partial charge in [0, 0.05) is 20.2 Å². The molecule has 1 atom stereocenters. The smallest absolute Gasteiger partial charge is 0.170 e. The highest BCUT2D eigenvalue weighted by Gasteiger charge is 2.29.